The highest BCUT2D eigenvalue weighted by Crippen LogP contribution is 2.41. The maximum absolute atomic E-state index is 10.3. The van der Waals surface area contributed by atoms with Crippen LogP contribution in [0.5, 0.6) is 0 Å². The Morgan fingerprint density at radius 2 is 1.62 bits per heavy atom. The number of hydrogen-bond acceptors (Lipinski definition) is 3. The minimum absolute atomic E-state index is 0.262. The molecule has 114 valence electrons. The average Bonchev–Trinajstić information content (AvgIpc) is 2.44. The lowest BCUT2D eigenvalue weighted by Gasteiger charge is -2.32. The predicted molar refractivity (Wildman–Crippen MR) is 90.0 cm³/mol. The topological polar surface area (TPSA) is 32.7 Å². The Hall–Kier alpha value is -0.990. The number of hydrogen-bond donors (Lipinski definition) is 1. The predicted octanol–water partition coefficient (Wildman–Crippen LogP) is 4.69. The Morgan fingerprint density at radius 3 is 2.24 bits per heavy atom. The van der Waals surface area contributed by atoms with Gasteiger partial charge in [0.15, 0.2) is 0 Å². The maximum Gasteiger partial charge on any atom is 0.256 e. The summed E-state index contributed by atoms with van der Waals surface area (Å²) in [4.78, 5) is 10.3. The van der Waals surface area contributed by atoms with Crippen molar-refractivity contribution in [2.24, 2.45) is 0 Å². The number of nitrogens with zero attached hydrogens (tertiary/aromatic N) is 1. The van der Waals surface area contributed by atoms with Gasteiger partial charge in [0.1, 0.15) is 0 Å². The van der Waals surface area contributed by atoms with Crippen LogP contribution in [0.2, 0.25) is 0 Å². The summed E-state index contributed by atoms with van der Waals surface area (Å²) >= 11 is 0. The molecule has 1 atom stereocenters. The van der Waals surface area contributed by atoms with Crippen LogP contribution < -0.4 is 0 Å². The SMILES string of the molecule is CC(C)N(C(C)C)P(O)OCc1ccc2ccccc2c1. The summed E-state index contributed by atoms with van der Waals surface area (Å²) in [5.41, 5.74) is 1.09. The van der Waals surface area contributed by atoms with Crippen LogP contribution in [0.3, 0.4) is 0 Å². The fraction of sp³-hybridized carbons (Fsp3) is 0.412. The van der Waals surface area contributed by atoms with Crippen molar-refractivity contribution < 1.29 is 9.42 Å². The van der Waals surface area contributed by atoms with E-state index in [1.165, 1.54) is 10.8 Å². The van der Waals surface area contributed by atoms with Gasteiger partial charge in [0.05, 0.1) is 6.61 Å². The van der Waals surface area contributed by atoms with E-state index < -0.39 is 8.53 Å². The van der Waals surface area contributed by atoms with E-state index in [-0.39, 0.29) is 12.1 Å². The van der Waals surface area contributed by atoms with Crippen LogP contribution in [0.4, 0.5) is 0 Å². The second-order valence-electron chi connectivity index (χ2n) is 5.78. The Kier molecular flexibility index (Phi) is 5.72. The summed E-state index contributed by atoms with van der Waals surface area (Å²) in [5, 5.41) is 2.42. The van der Waals surface area contributed by atoms with Crippen molar-refractivity contribution in [1.82, 2.24) is 4.67 Å². The van der Waals surface area contributed by atoms with E-state index in [1.54, 1.807) is 0 Å². The van der Waals surface area contributed by atoms with E-state index >= 15 is 0 Å². The van der Waals surface area contributed by atoms with Crippen molar-refractivity contribution in [3.8, 4) is 0 Å². The van der Waals surface area contributed by atoms with E-state index in [0.717, 1.165) is 5.56 Å². The van der Waals surface area contributed by atoms with E-state index in [9.17, 15) is 4.89 Å². The normalized spacial score (nSPS) is 13.5. The quantitative estimate of drug-likeness (QED) is 0.786. The molecule has 0 amide bonds. The first-order valence-electron chi connectivity index (χ1n) is 7.37. The summed E-state index contributed by atoms with van der Waals surface area (Å²) in [6, 6.07) is 15.0. The van der Waals surface area contributed by atoms with Crippen molar-refractivity contribution in [2.75, 3.05) is 0 Å². The van der Waals surface area contributed by atoms with Crippen molar-refractivity contribution in [1.29, 1.82) is 0 Å². The third kappa shape index (κ3) is 4.24. The van der Waals surface area contributed by atoms with Crippen LogP contribution in [0, 0.1) is 0 Å². The van der Waals surface area contributed by atoms with E-state index in [2.05, 4.69) is 58.0 Å². The largest absolute Gasteiger partial charge is 0.338 e. The molecule has 0 fully saturated rings. The second-order valence-corrected chi connectivity index (χ2v) is 7.00. The molecule has 1 unspecified atom stereocenters. The van der Waals surface area contributed by atoms with Gasteiger partial charge < -0.3 is 9.42 Å². The Labute approximate surface area is 128 Å². The van der Waals surface area contributed by atoms with Crippen molar-refractivity contribution in [3.05, 3.63) is 48.0 Å². The Bertz CT molecular complexity index is 578. The zero-order valence-electron chi connectivity index (χ0n) is 13.2. The Balaban J connectivity index is 2.03. The molecular formula is C17H24NO2P. The summed E-state index contributed by atoms with van der Waals surface area (Å²) in [6.07, 6.45) is 0. The number of fused-ring (bicyclic) bond motifs is 1. The molecule has 0 aliphatic carbocycles. The van der Waals surface area contributed by atoms with Gasteiger partial charge in [0, 0.05) is 12.1 Å². The summed E-state index contributed by atoms with van der Waals surface area (Å²) < 4.78 is 7.72. The number of rotatable bonds is 6. The van der Waals surface area contributed by atoms with Gasteiger partial charge in [0.2, 0.25) is 0 Å². The van der Waals surface area contributed by atoms with E-state index in [1.807, 2.05) is 16.8 Å². The lowest BCUT2D eigenvalue weighted by Crippen LogP contribution is -2.32. The monoisotopic (exact) mass is 305 g/mol. The lowest BCUT2D eigenvalue weighted by molar-refractivity contribution is 0.206. The van der Waals surface area contributed by atoms with Crippen molar-refractivity contribution in [2.45, 2.75) is 46.4 Å². The highest BCUT2D eigenvalue weighted by Gasteiger charge is 2.23. The fourth-order valence-corrected chi connectivity index (χ4v) is 3.71. The van der Waals surface area contributed by atoms with Crippen LogP contribution in [0.25, 0.3) is 10.8 Å². The molecule has 0 bridgehead atoms. The molecule has 0 spiro atoms. The third-order valence-corrected chi connectivity index (χ3v) is 5.10. The minimum atomic E-state index is -1.56. The molecule has 21 heavy (non-hydrogen) atoms. The van der Waals surface area contributed by atoms with E-state index in [4.69, 9.17) is 4.52 Å². The highest BCUT2D eigenvalue weighted by molar-refractivity contribution is 7.43. The van der Waals surface area contributed by atoms with Crippen LogP contribution >= 0.6 is 8.53 Å². The summed E-state index contributed by atoms with van der Waals surface area (Å²) in [7, 11) is -1.56. The van der Waals surface area contributed by atoms with Gasteiger partial charge in [-0.1, -0.05) is 36.4 Å². The highest BCUT2D eigenvalue weighted by atomic mass is 31.2. The molecular weight excluding hydrogens is 281 g/mol. The molecule has 0 aliphatic rings. The van der Waals surface area contributed by atoms with E-state index in [0.29, 0.717) is 6.61 Å². The molecule has 0 heterocycles. The van der Waals surface area contributed by atoms with Crippen LogP contribution in [0.15, 0.2) is 42.5 Å². The molecule has 1 N–H and O–H groups in total. The first kappa shape index (κ1) is 16.4. The molecule has 2 rings (SSSR count). The first-order chi connectivity index (χ1) is 9.99. The van der Waals surface area contributed by atoms with Gasteiger partial charge in [-0.2, -0.15) is 0 Å². The van der Waals surface area contributed by atoms with Gasteiger partial charge >= 0.3 is 0 Å². The maximum atomic E-state index is 10.3. The Morgan fingerprint density at radius 1 is 1.00 bits per heavy atom. The van der Waals surface area contributed by atoms with Gasteiger partial charge in [0.25, 0.3) is 8.53 Å². The zero-order valence-corrected chi connectivity index (χ0v) is 14.0. The molecule has 3 nitrogen and oxygen atoms in total. The zero-order chi connectivity index (χ0) is 15.4. The average molecular weight is 305 g/mol. The van der Waals surface area contributed by atoms with Gasteiger partial charge in [-0.25, -0.2) is 4.67 Å². The van der Waals surface area contributed by atoms with Crippen molar-refractivity contribution >= 4 is 19.3 Å². The second kappa shape index (κ2) is 7.33. The molecule has 2 aromatic carbocycles. The van der Waals surface area contributed by atoms with Gasteiger partial charge in [-0.05, 0) is 50.1 Å². The van der Waals surface area contributed by atoms with Crippen LogP contribution in [-0.2, 0) is 11.1 Å². The first-order valence-corrected chi connectivity index (χ1v) is 8.53. The standard InChI is InChI=1S/C17H24NO2P/c1-13(2)18(14(3)4)21(19)20-12-15-9-10-16-7-5-6-8-17(16)11-15/h5-11,13-14,19H,12H2,1-4H3. The lowest BCUT2D eigenvalue weighted by atomic mass is 10.1. The fourth-order valence-electron chi connectivity index (χ4n) is 2.52. The molecule has 0 radical (unpaired) electrons. The van der Waals surface area contributed by atoms with Gasteiger partial charge in [-0.3, -0.25) is 0 Å². The molecule has 0 aliphatic heterocycles. The number of benzene rings is 2. The molecule has 4 heteroatoms. The molecule has 0 saturated carbocycles. The third-order valence-electron chi connectivity index (χ3n) is 3.42. The summed E-state index contributed by atoms with van der Waals surface area (Å²) in [5.74, 6) is 0. The van der Waals surface area contributed by atoms with Gasteiger partial charge in [-0.15, -0.1) is 0 Å². The molecule has 0 saturated heterocycles. The molecule has 0 aromatic heterocycles. The minimum Gasteiger partial charge on any atom is -0.338 e. The van der Waals surface area contributed by atoms with Crippen LogP contribution in [-0.4, -0.2) is 21.6 Å². The van der Waals surface area contributed by atoms with Crippen LogP contribution in [0.1, 0.15) is 33.3 Å². The molecule has 2 aromatic rings. The smallest absolute Gasteiger partial charge is 0.256 e. The summed E-state index contributed by atoms with van der Waals surface area (Å²) in [6.45, 7) is 8.73. The van der Waals surface area contributed by atoms with Crippen molar-refractivity contribution in [3.63, 3.8) is 0 Å².